The Labute approximate surface area is 86.0 Å². The molecule has 1 aromatic rings. The summed E-state index contributed by atoms with van der Waals surface area (Å²) in [7, 11) is 0. The fraction of sp³-hybridized carbons (Fsp3) is 0.500. The third kappa shape index (κ3) is 2.41. The Bertz CT molecular complexity index is 313. The number of nitrogens with one attached hydrogen (secondary N) is 1. The summed E-state index contributed by atoms with van der Waals surface area (Å²) < 4.78 is 0. The summed E-state index contributed by atoms with van der Waals surface area (Å²) in [6.45, 7) is 9.32. The second-order valence-electron chi connectivity index (χ2n) is 4.51. The maximum absolute atomic E-state index is 9.57. The van der Waals surface area contributed by atoms with Crippen molar-refractivity contribution in [3.05, 3.63) is 23.8 Å². The Kier molecular flexibility index (Phi) is 3.04. The topological polar surface area (TPSA) is 32.3 Å². The van der Waals surface area contributed by atoms with Crippen molar-refractivity contribution in [3.63, 3.8) is 0 Å². The Morgan fingerprint density at radius 3 is 2.43 bits per heavy atom. The van der Waals surface area contributed by atoms with Crippen LogP contribution < -0.4 is 5.32 Å². The maximum Gasteiger partial charge on any atom is 0.138 e. The molecule has 0 amide bonds. The minimum atomic E-state index is 0.123. The van der Waals surface area contributed by atoms with Gasteiger partial charge in [0.2, 0.25) is 0 Å². The van der Waals surface area contributed by atoms with Crippen molar-refractivity contribution in [2.24, 2.45) is 0 Å². The molecule has 78 valence electrons. The van der Waals surface area contributed by atoms with Crippen LogP contribution in [-0.2, 0) is 5.41 Å². The van der Waals surface area contributed by atoms with Crippen LogP contribution in [0.4, 0.5) is 5.69 Å². The summed E-state index contributed by atoms with van der Waals surface area (Å²) in [5.41, 5.74) is 2.17. The van der Waals surface area contributed by atoms with E-state index in [9.17, 15) is 5.11 Å². The van der Waals surface area contributed by atoms with Gasteiger partial charge in [0.1, 0.15) is 5.75 Å². The van der Waals surface area contributed by atoms with Gasteiger partial charge in [0, 0.05) is 6.54 Å². The molecule has 14 heavy (non-hydrogen) atoms. The molecule has 0 fully saturated rings. The zero-order valence-corrected chi connectivity index (χ0v) is 9.39. The Morgan fingerprint density at radius 2 is 1.93 bits per heavy atom. The lowest BCUT2D eigenvalue weighted by molar-refractivity contribution is 0.476. The predicted octanol–water partition coefficient (Wildman–Crippen LogP) is 3.12. The second-order valence-corrected chi connectivity index (χ2v) is 4.51. The molecule has 0 aliphatic heterocycles. The van der Waals surface area contributed by atoms with Gasteiger partial charge >= 0.3 is 0 Å². The third-order valence-electron chi connectivity index (χ3n) is 2.23. The first-order chi connectivity index (χ1) is 6.45. The Balaban J connectivity index is 3.06. The van der Waals surface area contributed by atoms with E-state index in [-0.39, 0.29) is 5.41 Å². The number of phenols is 1. The highest BCUT2D eigenvalue weighted by Gasteiger charge is 2.14. The molecular formula is C12H19NO. The molecule has 2 N–H and O–H groups in total. The van der Waals surface area contributed by atoms with E-state index in [1.807, 2.05) is 19.1 Å². The van der Waals surface area contributed by atoms with Gasteiger partial charge in [-0.15, -0.1) is 0 Å². The van der Waals surface area contributed by atoms with Crippen LogP contribution in [-0.4, -0.2) is 11.7 Å². The molecule has 0 unspecified atom stereocenters. The van der Waals surface area contributed by atoms with E-state index >= 15 is 0 Å². The van der Waals surface area contributed by atoms with Gasteiger partial charge in [-0.25, -0.2) is 0 Å². The molecule has 0 heterocycles. The molecule has 0 spiro atoms. The van der Waals surface area contributed by atoms with Crippen LogP contribution in [0.1, 0.15) is 33.3 Å². The number of hydrogen-bond acceptors (Lipinski definition) is 2. The van der Waals surface area contributed by atoms with E-state index in [1.54, 1.807) is 6.07 Å². The van der Waals surface area contributed by atoms with E-state index in [0.717, 1.165) is 12.2 Å². The first kappa shape index (κ1) is 10.9. The molecule has 0 saturated heterocycles. The van der Waals surface area contributed by atoms with Crippen molar-refractivity contribution in [1.29, 1.82) is 0 Å². The van der Waals surface area contributed by atoms with Crippen molar-refractivity contribution < 1.29 is 5.11 Å². The van der Waals surface area contributed by atoms with E-state index in [4.69, 9.17) is 0 Å². The van der Waals surface area contributed by atoms with Gasteiger partial charge in [0.25, 0.3) is 0 Å². The van der Waals surface area contributed by atoms with Crippen LogP contribution in [0.3, 0.4) is 0 Å². The molecule has 0 bridgehead atoms. The fourth-order valence-electron chi connectivity index (χ4n) is 1.33. The summed E-state index contributed by atoms with van der Waals surface area (Å²) in [4.78, 5) is 0. The van der Waals surface area contributed by atoms with Crippen LogP contribution in [0.25, 0.3) is 0 Å². The number of hydrogen-bond donors (Lipinski definition) is 2. The summed E-state index contributed by atoms with van der Waals surface area (Å²) in [6, 6.07) is 5.73. The highest BCUT2D eigenvalue weighted by atomic mass is 16.3. The van der Waals surface area contributed by atoms with E-state index in [1.165, 1.54) is 5.56 Å². The van der Waals surface area contributed by atoms with Crippen molar-refractivity contribution in [2.45, 2.75) is 33.1 Å². The van der Waals surface area contributed by atoms with E-state index < -0.39 is 0 Å². The van der Waals surface area contributed by atoms with Gasteiger partial charge in [0.05, 0.1) is 5.69 Å². The van der Waals surface area contributed by atoms with Crippen molar-refractivity contribution in [3.8, 4) is 5.75 Å². The van der Waals surface area contributed by atoms with Gasteiger partial charge in [0.15, 0.2) is 0 Å². The molecular weight excluding hydrogens is 174 g/mol. The first-order valence-electron chi connectivity index (χ1n) is 5.02. The first-order valence-corrected chi connectivity index (χ1v) is 5.02. The lowest BCUT2D eigenvalue weighted by Crippen LogP contribution is -2.11. The van der Waals surface area contributed by atoms with Crippen LogP contribution in [0.2, 0.25) is 0 Å². The lowest BCUT2D eigenvalue weighted by Gasteiger charge is -2.20. The van der Waals surface area contributed by atoms with Gasteiger partial charge < -0.3 is 10.4 Å². The minimum absolute atomic E-state index is 0.123. The van der Waals surface area contributed by atoms with Gasteiger partial charge in [-0.1, -0.05) is 26.8 Å². The zero-order chi connectivity index (χ0) is 10.8. The number of phenolic OH excluding ortho intramolecular Hbond substituents is 1. The highest BCUT2D eigenvalue weighted by molar-refractivity contribution is 5.58. The second kappa shape index (κ2) is 3.91. The van der Waals surface area contributed by atoms with Crippen LogP contribution >= 0.6 is 0 Å². The molecule has 0 aliphatic carbocycles. The standard InChI is InChI=1S/C12H19NO/c1-5-13-10-8-9(12(2,3)4)6-7-11(10)14/h6-8,13-14H,5H2,1-4H3. The highest BCUT2D eigenvalue weighted by Crippen LogP contribution is 2.30. The third-order valence-corrected chi connectivity index (χ3v) is 2.23. The molecule has 1 rings (SSSR count). The number of benzene rings is 1. The molecule has 1 aromatic carbocycles. The Morgan fingerprint density at radius 1 is 1.29 bits per heavy atom. The van der Waals surface area contributed by atoms with Crippen molar-refractivity contribution in [1.82, 2.24) is 0 Å². The number of rotatable bonds is 2. The van der Waals surface area contributed by atoms with Crippen molar-refractivity contribution >= 4 is 5.69 Å². The molecule has 2 nitrogen and oxygen atoms in total. The minimum Gasteiger partial charge on any atom is -0.506 e. The van der Waals surface area contributed by atoms with Gasteiger partial charge in [-0.3, -0.25) is 0 Å². The predicted molar refractivity (Wildman–Crippen MR) is 61.0 cm³/mol. The number of anilines is 1. The molecule has 0 radical (unpaired) electrons. The summed E-state index contributed by atoms with van der Waals surface area (Å²) in [5.74, 6) is 0.319. The molecule has 0 aliphatic rings. The molecule has 0 aromatic heterocycles. The normalized spacial score (nSPS) is 11.4. The largest absolute Gasteiger partial charge is 0.506 e. The fourth-order valence-corrected chi connectivity index (χ4v) is 1.33. The van der Waals surface area contributed by atoms with Crippen LogP contribution in [0.15, 0.2) is 18.2 Å². The summed E-state index contributed by atoms with van der Waals surface area (Å²) >= 11 is 0. The average molecular weight is 193 g/mol. The molecule has 0 atom stereocenters. The summed E-state index contributed by atoms with van der Waals surface area (Å²) in [5, 5.41) is 12.7. The molecule has 2 heteroatoms. The van der Waals surface area contributed by atoms with E-state index in [2.05, 4.69) is 26.1 Å². The number of aromatic hydroxyl groups is 1. The molecule has 0 saturated carbocycles. The van der Waals surface area contributed by atoms with Gasteiger partial charge in [-0.05, 0) is 30.0 Å². The monoisotopic (exact) mass is 193 g/mol. The van der Waals surface area contributed by atoms with Crippen LogP contribution in [0.5, 0.6) is 5.75 Å². The lowest BCUT2D eigenvalue weighted by atomic mass is 9.87. The van der Waals surface area contributed by atoms with Crippen molar-refractivity contribution in [2.75, 3.05) is 11.9 Å². The SMILES string of the molecule is CCNc1cc(C(C)(C)C)ccc1O. The zero-order valence-electron chi connectivity index (χ0n) is 9.39. The average Bonchev–Trinajstić information content (AvgIpc) is 2.07. The quantitative estimate of drug-likeness (QED) is 0.707. The van der Waals surface area contributed by atoms with Crippen LogP contribution in [0, 0.1) is 0 Å². The summed E-state index contributed by atoms with van der Waals surface area (Å²) in [6.07, 6.45) is 0. The van der Waals surface area contributed by atoms with E-state index in [0.29, 0.717) is 5.75 Å². The van der Waals surface area contributed by atoms with Gasteiger partial charge in [-0.2, -0.15) is 0 Å². The Hall–Kier alpha value is -1.18. The maximum atomic E-state index is 9.57. The smallest absolute Gasteiger partial charge is 0.138 e.